The number of β-amino-alcohol motifs (C(OH)–C–C–N with tert-alkyl or cyclic N) is 1. The van der Waals surface area contributed by atoms with Gasteiger partial charge in [0.25, 0.3) is 0 Å². The Balaban J connectivity index is 2.42. The molecule has 1 saturated heterocycles. The number of nitrogens with one attached hydrogen (secondary N) is 1. The van der Waals surface area contributed by atoms with Gasteiger partial charge in [-0.25, -0.2) is 8.42 Å². The maximum Gasteiger partial charge on any atom is 0.246 e. The van der Waals surface area contributed by atoms with E-state index in [2.05, 4.69) is 5.32 Å². The van der Waals surface area contributed by atoms with Gasteiger partial charge in [-0.05, 0) is 24.6 Å². The van der Waals surface area contributed by atoms with Crippen molar-refractivity contribution in [3.8, 4) is 5.75 Å². The fourth-order valence-corrected chi connectivity index (χ4v) is 3.96. The number of benzene rings is 1. The van der Waals surface area contributed by atoms with Gasteiger partial charge in [-0.2, -0.15) is 4.31 Å². The van der Waals surface area contributed by atoms with Gasteiger partial charge < -0.3 is 15.2 Å². The van der Waals surface area contributed by atoms with E-state index in [0.717, 1.165) is 5.56 Å². The molecule has 2 rings (SSSR count). The molecule has 1 aromatic rings. The Labute approximate surface area is 119 Å². The zero-order chi connectivity index (χ0) is 14.9. The second kappa shape index (κ2) is 5.69. The lowest BCUT2D eigenvalue weighted by Gasteiger charge is -2.26. The molecular formula is C13H20N2O4S. The summed E-state index contributed by atoms with van der Waals surface area (Å²) >= 11 is 0. The number of sulfonamides is 1. The summed E-state index contributed by atoms with van der Waals surface area (Å²) in [5.41, 5.74) is 0.836. The molecule has 1 aliphatic heterocycles. The molecule has 112 valence electrons. The van der Waals surface area contributed by atoms with E-state index < -0.39 is 22.2 Å². The highest BCUT2D eigenvalue weighted by molar-refractivity contribution is 7.89. The highest BCUT2D eigenvalue weighted by Crippen LogP contribution is 2.28. The zero-order valence-electron chi connectivity index (χ0n) is 11.8. The molecule has 2 N–H and O–H groups in total. The van der Waals surface area contributed by atoms with Crippen LogP contribution in [0.5, 0.6) is 5.75 Å². The topological polar surface area (TPSA) is 78.9 Å². The van der Waals surface area contributed by atoms with Crippen LogP contribution in [0.2, 0.25) is 0 Å². The first-order chi connectivity index (χ1) is 9.37. The Bertz CT molecular complexity index is 588. The summed E-state index contributed by atoms with van der Waals surface area (Å²) in [6, 6.07) is 4.55. The number of rotatable bonds is 4. The highest BCUT2D eigenvalue weighted by atomic mass is 32.2. The van der Waals surface area contributed by atoms with Crippen LogP contribution in [-0.2, 0) is 10.0 Å². The molecule has 0 bridgehead atoms. The number of nitrogens with zero attached hydrogens (tertiary/aromatic N) is 1. The van der Waals surface area contributed by atoms with Crippen molar-refractivity contribution >= 4 is 10.0 Å². The second-order valence-corrected chi connectivity index (χ2v) is 6.93. The van der Waals surface area contributed by atoms with Crippen molar-refractivity contribution in [3.63, 3.8) is 0 Å². The molecule has 1 aliphatic rings. The van der Waals surface area contributed by atoms with Crippen LogP contribution in [0.1, 0.15) is 5.56 Å². The van der Waals surface area contributed by atoms with Gasteiger partial charge in [-0.1, -0.05) is 6.07 Å². The molecule has 2 atom stereocenters. The number of hydrogen-bond donors (Lipinski definition) is 2. The van der Waals surface area contributed by atoms with Crippen LogP contribution >= 0.6 is 0 Å². The second-order valence-electron chi connectivity index (χ2n) is 4.97. The van der Waals surface area contributed by atoms with Crippen LogP contribution in [0, 0.1) is 6.92 Å². The Morgan fingerprint density at radius 2 is 2.10 bits per heavy atom. The lowest BCUT2D eigenvalue weighted by atomic mass is 10.2. The Morgan fingerprint density at radius 3 is 2.65 bits per heavy atom. The van der Waals surface area contributed by atoms with Gasteiger partial charge in [0, 0.05) is 20.1 Å². The number of hydrogen-bond acceptors (Lipinski definition) is 5. The molecule has 0 saturated carbocycles. The minimum atomic E-state index is -3.71. The van der Waals surface area contributed by atoms with Crippen LogP contribution in [0.4, 0.5) is 0 Å². The Kier molecular flexibility index (Phi) is 4.33. The lowest BCUT2D eigenvalue weighted by Crippen LogP contribution is -2.44. The maximum absolute atomic E-state index is 12.7. The van der Waals surface area contributed by atoms with Gasteiger partial charge in [0.15, 0.2) is 0 Å². The van der Waals surface area contributed by atoms with E-state index in [1.165, 1.54) is 18.5 Å². The molecule has 0 aromatic heterocycles. The SMILES string of the molecule is COc1ccc(C)cc1S(=O)(=O)N(C)[C@@H]1CNC[C@H]1O. The van der Waals surface area contributed by atoms with E-state index in [0.29, 0.717) is 18.8 Å². The van der Waals surface area contributed by atoms with Crippen LogP contribution < -0.4 is 10.1 Å². The quantitative estimate of drug-likeness (QED) is 0.815. The minimum Gasteiger partial charge on any atom is -0.495 e. The summed E-state index contributed by atoms with van der Waals surface area (Å²) in [6.45, 7) is 2.66. The van der Waals surface area contributed by atoms with E-state index in [-0.39, 0.29) is 4.90 Å². The predicted molar refractivity (Wildman–Crippen MR) is 75.3 cm³/mol. The molecule has 0 unspecified atom stereocenters. The van der Waals surface area contributed by atoms with E-state index in [1.807, 2.05) is 6.92 Å². The predicted octanol–water partition coefficient (Wildman–Crippen LogP) is -0.0432. The van der Waals surface area contributed by atoms with E-state index in [9.17, 15) is 13.5 Å². The van der Waals surface area contributed by atoms with Gasteiger partial charge >= 0.3 is 0 Å². The number of aliphatic hydroxyl groups excluding tert-OH is 1. The van der Waals surface area contributed by atoms with Crippen molar-refractivity contribution in [2.45, 2.75) is 24.0 Å². The molecule has 0 amide bonds. The van der Waals surface area contributed by atoms with E-state index in [1.54, 1.807) is 18.2 Å². The van der Waals surface area contributed by atoms with Crippen LogP contribution in [0.15, 0.2) is 23.1 Å². The zero-order valence-corrected chi connectivity index (χ0v) is 12.6. The molecule has 0 radical (unpaired) electrons. The summed E-state index contributed by atoms with van der Waals surface area (Å²) in [7, 11) is -0.788. The minimum absolute atomic E-state index is 0.126. The molecule has 1 fully saturated rings. The largest absolute Gasteiger partial charge is 0.495 e. The Morgan fingerprint density at radius 1 is 1.40 bits per heavy atom. The lowest BCUT2D eigenvalue weighted by molar-refractivity contribution is 0.136. The first kappa shape index (κ1) is 15.2. The molecule has 0 spiro atoms. The average molecular weight is 300 g/mol. The van der Waals surface area contributed by atoms with E-state index >= 15 is 0 Å². The van der Waals surface area contributed by atoms with Crippen molar-refractivity contribution in [1.82, 2.24) is 9.62 Å². The monoisotopic (exact) mass is 300 g/mol. The molecule has 1 heterocycles. The smallest absolute Gasteiger partial charge is 0.246 e. The molecular weight excluding hydrogens is 280 g/mol. The normalized spacial score (nSPS) is 23.2. The number of methoxy groups -OCH3 is 1. The molecule has 7 heteroatoms. The number of aryl methyl sites for hydroxylation is 1. The van der Waals surface area contributed by atoms with Crippen molar-refractivity contribution in [2.24, 2.45) is 0 Å². The first-order valence-corrected chi connectivity index (χ1v) is 7.83. The molecule has 1 aromatic carbocycles. The van der Waals surface area contributed by atoms with Gasteiger partial charge in [-0.3, -0.25) is 0 Å². The van der Waals surface area contributed by atoms with E-state index in [4.69, 9.17) is 4.74 Å². The molecule has 0 aliphatic carbocycles. The van der Waals surface area contributed by atoms with Crippen LogP contribution in [-0.4, -0.2) is 57.2 Å². The highest BCUT2D eigenvalue weighted by Gasteiger charge is 2.36. The fraction of sp³-hybridized carbons (Fsp3) is 0.538. The van der Waals surface area contributed by atoms with Crippen LogP contribution in [0.3, 0.4) is 0 Å². The van der Waals surface area contributed by atoms with Gasteiger partial charge in [-0.15, -0.1) is 0 Å². The third kappa shape index (κ3) is 2.67. The van der Waals surface area contributed by atoms with Gasteiger partial charge in [0.2, 0.25) is 10.0 Å². The first-order valence-electron chi connectivity index (χ1n) is 6.39. The maximum atomic E-state index is 12.7. The fourth-order valence-electron chi connectivity index (χ4n) is 2.34. The molecule has 20 heavy (non-hydrogen) atoms. The summed E-state index contributed by atoms with van der Waals surface area (Å²) in [5.74, 6) is 0.308. The summed E-state index contributed by atoms with van der Waals surface area (Å²) in [6.07, 6.45) is -0.703. The van der Waals surface area contributed by atoms with Crippen molar-refractivity contribution in [3.05, 3.63) is 23.8 Å². The number of ether oxygens (including phenoxy) is 1. The summed E-state index contributed by atoms with van der Waals surface area (Å²) < 4.78 is 31.8. The van der Waals surface area contributed by atoms with Gasteiger partial charge in [0.05, 0.1) is 19.3 Å². The van der Waals surface area contributed by atoms with Crippen LogP contribution in [0.25, 0.3) is 0 Å². The van der Waals surface area contributed by atoms with Crippen molar-refractivity contribution in [2.75, 3.05) is 27.2 Å². The average Bonchev–Trinajstić information content (AvgIpc) is 2.83. The Hall–Kier alpha value is -1.15. The van der Waals surface area contributed by atoms with Crippen molar-refractivity contribution < 1.29 is 18.3 Å². The molecule has 6 nitrogen and oxygen atoms in total. The third-order valence-electron chi connectivity index (χ3n) is 3.59. The van der Waals surface area contributed by atoms with Crippen molar-refractivity contribution in [1.29, 1.82) is 0 Å². The standard InChI is InChI=1S/C13H20N2O4S/c1-9-4-5-12(19-3)13(6-9)20(17,18)15(2)10-7-14-8-11(10)16/h4-6,10-11,14,16H,7-8H2,1-3H3/t10-,11-/m1/s1. The van der Waals surface area contributed by atoms with Gasteiger partial charge in [0.1, 0.15) is 10.6 Å². The summed E-state index contributed by atoms with van der Waals surface area (Å²) in [5, 5.41) is 12.8. The number of likely N-dealkylation sites (N-methyl/N-ethyl adjacent to an activating group) is 1. The third-order valence-corrected chi connectivity index (χ3v) is 5.50. The summed E-state index contributed by atoms with van der Waals surface area (Å²) in [4.78, 5) is 0.126. The number of aliphatic hydroxyl groups is 1.